The SMILES string of the molecule is COc1ccc(CC2CCN(C(=O)c3cncc(O)c3)C2)cc1. The summed E-state index contributed by atoms with van der Waals surface area (Å²) in [6, 6.07) is 9.54. The van der Waals surface area contributed by atoms with Gasteiger partial charge in [-0.1, -0.05) is 12.1 Å². The van der Waals surface area contributed by atoms with E-state index in [1.165, 1.54) is 24.0 Å². The molecule has 1 unspecified atom stereocenters. The first-order valence-corrected chi connectivity index (χ1v) is 7.72. The number of benzene rings is 1. The van der Waals surface area contributed by atoms with Gasteiger partial charge in [0, 0.05) is 19.3 Å². The first kappa shape index (κ1) is 15.3. The van der Waals surface area contributed by atoms with Crippen molar-refractivity contribution in [1.82, 2.24) is 9.88 Å². The molecule has 3 rings (SSSR count). The summed E-state index contributed by atoms with van der Waals surface area (Å²) in [5.74, 6) is 1.27. The molecule has 0 spiro atoms. The van der Waals surface area contributed by atoms with Gasteiger partial charge in [0.05, 0.1) is 18.9 Å². The summed E-state index contributed by atoms with van der Waals surface area (Å²) in [5.41, 5.74) is 1.69. The van der Waals surface area contributed by atoms with Crippen molar-refractivity contribution in [3.63, 3.8) is 0 Å². The van der Waals surface area contributed by atoms with E-state index in [1.807, 2.05) is 17.0 Å². The maximum Gasteiger partial charge on any atom is 0.255 e. The second-order valence-electron chi connectivity index (χ2n) is 5.89. The van der Waals surface area contributed by atoms with E-state index in [4.69, 9.17) is 4.74 Å². The van der Waals surface area contributed by atoms with Crippen molar-refractivity contribution >= 4 is 5.91 Å². The number of nitrogens with zero attached hydrogens (tertiary/aromatic N) is 2. The molecule has 1 aliphatic heterocycles. The van der Waals surface area contributed by atoms with E-state index in [0.717, 1.165) is 31.7 Å². The number of pyridine rings is 1. The van der Waals surface area contributed by atoms with Gasteiger partial charge in [0.15, 0.2) is 0 Å². The maximum atomic E-state index is 12.4. The number of ether oxygens (including phenoxy) is 1. The Hall–Kier alpha value is -2.56. The Morgan fingerprint density at radius 3 is 2.83 bits per heavy atom. The molecule has 0 aliphatic carbocycles. The fraction of sp³-hybridized carbons (Fsp3) is 0.333. The molecular weight excluding hydrogens is 292 g/mol. The molecule has 2 aromatic rings. The predicted molar refractivity (Wildman–Crippen MR) is 86.6 cm³/mol. The molecule has 0 saturated carbocycles. The fourth-order valence-electron chi connectivity index (χ4n) is 3.01. The monoisotopic (exact) mass is 312 g/mol. The summed E-state index contributed by atoms with van der Waals surface area (Å²) in [7, 11) is 1.66. The summed E-state index contributed by atoms with van der Waals surface area (Å²) >= 11 is 0. The highest BCUT2D eigenvalue weighted by Crippen LogP contribution is 2.24. The number of amides is 1. The number of hydrogen-bond donors (Lipinski definition) is 1. The lowest BCUT2D eigenvalue weighted by atomic mass is 9.99. The molecule has 0 bridgehead atoms. The first-order valence-electron chi connectivity index (χ1n) is 7.72. The van der Waals surface area contributed by atoms with Crippen molar-refractivity contribution in [2.45, 2.75) is 12.8 Å². The Morgan fingerprint density at radius 1 is 1.35 bits per heavy atom. The van der Waals surface area contributed by atoms with E-state index in [1.54, 1.807) is 7.11 Å². The van der Waals surface area contributed by atoms with Gasteiger partial charge in [-0.3, -0.25) is 9.78 Å². The third kappa shape index (κ3) is 3.62. The van der Waals surface area contributed by atoms with Crippen LogP contribution in [0.2, 0.25) is 0 Å². The summed E-state index contributed by atoms with van der Waals surface area (Å²) in [6.07, 6.45) is 4.77. The molecule has 1 N–H and O–H groups in total. The standard InChI is InChI=1S/C18H20N2O3/c1-23-17-4-2-13(3-5-17)8-14-6-7-20(12-14)18(22)15-9-16(21)11-19-10-15/h2-5,9-11,14,21H,6-8,12H2,1H3. The molecule has 1 aromatic heterocycles. The number of aromatic hydroxyl groups is 1. The van der Waals surface area contributed by atoms with Crippen molar-refractivity contribution in [2.24, 2.45) is 5.92 Å². The predicted octanol–water partition coefficient (Wildman–Crippen LogP) is 2.50. The first-order chi connectivity index (χ1) is 11.2. The molecule has 1 saturated heterocycles. The minimum atomic E-state index is -0.0642. The second kappa shape index (κ2) is 6.69. The number of carbonyl (C=O) groups excluding carboxylic acids is 1. The molecule has 1 aromatic carbocycles. The topological polar surface area (TPSA) is 62.7 Å². The summed E-state index contributed by atoms with van der Waals surface area (Å²) in [4.78, 5) is 18.1. The maximum absolute atomic E-state index is 12.4. The lowest BCUT2D eigenvalue weighted by Crippen LogP contribution is -2.29. The van der Waals surface area contributed by atoms with Crippen molar-refractivity contribution in [3.05, 3.63) is 53.9 Å². The molecule has 120 valence electrons. The molecule has 1 atom stereocenters. The van der Waals surface area contributed by atoms with Crippen molar-refractivity contribution < 1.29 is 14.6 Å². The van der Waals surface area contributed by atoms with Crippen LogP contribution >= 0.6 is 0 Å². The van der Waals surface area contributed by atoms with Crippen LogP contribution < -0.4 is 4.74 Å². The highest BCUT2D eigenvalue weighted by atomic mass is 16.5. The lowest BCUT2D eigenvalue weighted by Gasteiger charge is -2.16. The van der Waals surface area contributed by atoms with Crippen molar-refractivity contribution in [3.8, 4) is 11.5 Å². The molecular formula is C18H20N2O3. The van der Waals surface area contributed by atoms with Gasteiger partial charge in [-0.05, 0) is 42.5 Å². The number of aromatic nitrogens is 1. The third-order valence-corrected chi connectivity index (χ3v) is 4.23. The number of carbonyl (C=O) groups is 1. The van der Waals surface area contributed by atoms with Gasteiger partial charge >= 0.3 is 0 Å². The van der Waals surface area contributed by atoms with E-state index in [9.17, 15) is 9.90 Å². The van der Waals surface area contributed by atoms with Gasteiger partial charge in [-0.2, -0.15) is 0 Å². The largest absolute Gasteiger partial charge is 0.506 e. The van der Waals surface area contributed by atoms with Crippen LogP contribution in [0.5, 0.6) is 11.5 Å². The number of rotatable bonds is 4. The zero-order chi connectivity index (χ0) is 16.2. The smallest absolute Gasteiger partial charge is 0.255 e. The summed E-state index contributed by atoms with van der Waals surface area (Å²) in [5, 5.41) is 9.45. The average Bonchev–Trinajstić information content (AvgIpc) is 3.03. The highest BCUT2D eigenvalue weighted by Gasteiger charge is 2.27. The Balaban J connectivity index is 1.60. The Bertz CT molecular complexity index is 685. The molecule has 5 heteroatoms. The molecule has 5 nitrogen and oxygen atoms in total. The summed E-state index contributed by atoms with van der Waals surface area (Å²) < 4.78 is 5.17. The minimum Gasteiger partial charge on any atom is -0.506 e. The Morgan fingerprint density at radius 2 is 2.13 bits per heavy atom. The Kier molecular flexibility index (Phi) is 4.46. The average molecular weight is 312 g/mol. The normalized spacial score (nSPS) is 17.3. The molecule has 1 amide bonds. The van der Waals surface area contributed by atoms with E-state index < -0.39 is 0 Å². The third-order valence-electron chi connectivity index (χ3n) is 4.23. The van der Waals surface area contributed by atoms with Crippen molar-refractivity contribution in [2.75, 3.05) is 20.2 Å². The van der Waals surface area contributed by atoms with Crippen LogP contribution in [-0.4, -0.2) is 41.1 Å². The van der Waals surface area contributed by atoms with Gasteiger partial charge in [0.1, 0.15) is 11.5 Å². The fourth-order valence-corrected chi connectivity index (χ4v) is 3.01. The quantitative estimate of drug-likeness (QED) is 0.942. The van der Waals surface area contributed by atoms with Gasteiger partial charge in [-0.25, -0.2) is 0 Å². The molecule has 1 aliphatic rings. The molecule has 2 heterocycles. The van der Waals surface area contributed by atoms with Gasteiger partial charge in [0.25, 0.3) is 5.91 Å². The van der Waals surface area contributed by atoms with Crippen molar-refractivity contribution in [1.29, 1.82) is 0 Å². The lowest BCUT2D eigenvalue weighted by molar-refractivity contribution is 0.0786. The number of methoxy groups -OCH3 is 1. The zero-order valence-electron chi connectivity index (χ0n) is 13.1. The minimum absolute atomic E-state index is 0.0184. The second-order valence-corrected chi connectivity index (χ2v) is 5.89. The van der Waals surface area contributed by atoms with Crippen LogP contribution in [0.3, 0.4) is 0 Å². The molecule has 0 radical (unpaired) electrons. The Labute approximate surface area is 135 Å². The van der Waals surface area contributed by atoms with Crippen LogP contribution in [0, 0.1) is 5.92 Å². The van der Waals surface area contributed by atoms with Crippen LogP contribution in [0.25, 0.3) is 0 Å². The molecule has 1 fully saturated rings. The van der Waals surface area contributed by atoms with Crippen LogP contribution in [0.15, 0.2) is 42.7 Å². The zero-order valence-corrected chi connectivity index (χ0v) is 13.1. The van der Waals surface area contributed by atoms with Crippen LogP contribution in [0.4, 0.5) is 0 Å². The van der Waals surface area contributed by atoms with Gasteiger partial charge < -0.3 is 14.7 Å². The van der Waals surface area contributed by atoms with E-state index in [-0.39, 0.29) is 11.7 Å². The van der Waals surface area contributed by atoms with Gasteiger partial charge in [0.2, 0.25) is 0 Å². The number of likely N-dealkylation sites (tertiary alicyclic amines) is 1. The van der Waals surface area contributed by atoms with E-state index in [0.29, 0.717) is 11.5 Å². The van der Waals surface area contributed by atoms with Crippen LogP contribution in [-0.2, 0) is 6.42 Å². The molecule has 23 heavy (non-hydrogen) atoms. The number of hydrogen-bond acceptors (Lipinski definition) is 4. The van der Waals surface area contributed by atoms with Crippen LogP contribution in [0.1, 0.15) is 22.3 Å². The van der Waals surface area contributed by atoms with E-state index in [2.05, 4.69) is 17.1 Å². The summed E-state index contributed by atoms with van der Waals surface area (Å²) in [6.45, 7) is 1.48. The van der Waals surface area contributed by atoms with Gasteiger partial charge in [-0.15, -0.1) is 0 Å². The van der Waals surface area contributed by atoms with E-state index >= 15 is 0 Å². The highest BCUT2D eigenvalue weighted by molar-refractivity contribution is 5.94.